The molecule has 2 saturated heterocycles. The van der Waals surface area contributed by atoms with E-state index >= 15 is 0 Å². The highest BCUT2D eigenvalue weighted by atomic mass is 16.5. The van der Waals surface area contributed by atoms with Gasteiger partial charge in [-0.25, -0.2) is 4.79 Å². The van der Waals surface area contributed by atoms with Crippen molar-refractivity contribution in [1.82, 2.24) is 15.1 Å². The highest BCUT2D eigenvalue weighted by molar-refractivity contribution is 5.81. The molecule has 0 aromatic carbocycles. The Bertz CT molecular complexity index is 429. The molecule has 0 aromatic heterocycles. The number of nitrogens with zero attached hydrogens (tertiary/aromatic N) is 2. The van der Waals surface area contributed by atoms with Crippen LogP contribution in [0.5, 0.6) is 0 Å². The van der Waals surface area contributed by atoms with Gasteiger partial charge in [0.25, 0.3) is 0 Å². The van der Waals surface area contributed by atoms with Crippen molar-refractivity contribution in [3.63, 3.8) is 0 Å². The van der Waals surface area contributed by atoms with Gasteiger partial charge in [0.15, 0.2) is 0 Å². The molecule has 1 N–H and O–H groups in total. The summed E-state index contributed by atoms with van der Waals surface area (Å²) in [6, 6.07) is 0.156. The number of amides is 2. The van der Waals surface area contributed by atoms with Gasteiger partial charge in [0.2, 0.25) is 0 Å². The Morgan fingerprint density at radius 2 is 2.09 bits per heavy atom. The van der Waals surface area contributed by atoms with Gasteiger partial charge in [-0.3, -0.25) is 4.79 Å². The lowest BCUT2D eigenvalue weighted by Crippen LogP contribution is -2.51. The van der Waals surface area contributed by atoms with E-state index in [9.17, 15) is 9.59 Å². The molecule has 2 rings (SSSR count). The predicted octanol–water partition coefficient (Wildman–Crippen LogP) is 1.31. The van der Waals surface area contributed by atoms with Crippen LogP contribution in [0.2, 0.25) is 0 Å². The van der Waals surface area contributed by atoms with Crippen LogP contribution in [0.15, 0.2) is 0 Å². The maximum absolute atomic E-state index is 12.5. The molecule has 0 saturated carbocycles. The van der Waals surface area contributed by atoms with Crippen LogP contribution in [0, 0.1) is 11.3 Å². The summed E-state index contributed by atoms with van der Waals surface area (Å²) in [6.07, 6.45) is 2.15. The zero-order valence-corrected chi connectivity index (χ0v) is 14.2. The Hall–Kier alpha value is -1.30. The molecule has 6 nitrogen and oxygen atoms in total. The van der Waals surface area contributed by atoms with Gasteiger partial charge in [0.05, 0.1) is 12.5 Å². The van der Waals surface area contributed by atoms with Crippen LogP contribution < -0.4 is 5.32 Å². The smallest absolute Gasteiger partial charge is 0.317 e. The average molecular weight is 311 g/mol. The van der Waals surface area contributed by atoms with Crippen molar-refractivity contribution in [2.75, 3.05) is 39.8 Å². The number of rotatable bonds is 3. The number of urea groups is 1. The molecule has 0 radical (unpaired) electrons. The van der Waals surface area contributed by atoms with Gasteiger partial charge in [-0.15, -0.1) is 0 Å². The fraction of sp³-hybridized carbons (Fsp3) is 0.875. The number of hydrogen-bond donors (Lipinski definition) is 1. The molecular weight excluding hydrogens is 282 g/mol. The normalized spacial score (nSPS) is 32.8. The fourth-order valence-corrected chi connectivity index (χ4v) is 3.53. The molecule has 2 heterocycles. The second kappa shape index (κ2) is 6.86. The summed E-state index contributed by atoms with van der Waals surface area (Å²) in [5.74, 6) is -0.130. The molecule has 0 aliphatic carbocycles. The first-order chi connectivity index (χ1) is 10.4. The largest absolute Gasteiger partial charge is 0.469 e. The van der Waals surface area contributed by atoms with E-state index in [2.05, 4.69) is 17.1 Å². The first-order valence-corrected chi connectivity index (χ1v) is 8.27. The Morgan fingerprint density at radius 3 is 2.73 bits per heavy atom. The number of hydrogen-bond acceptors (Lipinski definition) is 4. The van der Waals surface area contributed by atoms with Crippen LogP contribution in [-0.2, 0) is 9.53 Å². The summed E-state index contributed by atoms with van der Waals surface area (Å²) in [7, 11) is 1.41. The van der Waals surface area contributed by atoms with E-state index in [-0.39, 0.29) is 24.0 Å². The first-order valence-electron chi connectivity index (χ1n) is 8.27. The molecule has 1 unspecified atom stereocenters. The standard InChI is InChI=1S/C16H29N3O3/c1-5-18-8-6-7-13(10-18)17-15(21)19-9-12(2)16(3,11-19)14(20)22-4/h12-13H,5-11H2,1-4H3,(H,17,21)/t12-,13?,16-/m1/s1. The molecular formula is C16H29N3O3. The van der Waals surface area contributed by atoms with Gasteiger partial charge >= 0.3 is 12.0 Å². The number of methoxy groups -OCH3 is 1. The van der Waals surface area contributed by atoms with Crippen LogP contribution in [0.25, 0.3) is 0 Å². The minimum Gasteiger partial charge on any atom is -0.469 e. The van der Waals surface area contributed by atoms with Crippen LogP contribution in [0.3, 0.4) is 0 Å². The zero-order valence-electron chi connectivity index (χ0n) is 14.2. The Morgan fingerprint density at radius 1 is 1.36 bits per heavy atom. The van der Waals surface area contributed by atoms with E-state index in [1.807, 2.05) is 13.8 Å². The van der Waals surface area contributed by atoms with Crippen molar-refractivity contribution in [3.05, 3.63) is 0 Å². The van der Waals surface area contributed by atoms with E-state index in [1.54, 1.807) is 4.90 Å². The number of piperidine rings is 1. The number of nitrogens with one attached hydrogen (secondary N) is 1. The Kier molecular flexibility index (Phi) is 5.32. The van der Waals surface area contributed by atoms with Gasteiger partial charge in [-0.2, -0.15) is 0 Å². The second-order valence-electron chi connectivity index (χ2n) is 6.87. The van der Waals surface area contributed by atoms with Crippen LogP contribution in [0.4, 0.5) is 4.79 Å². The van der Waals surface area contributed by atoms with E-state index in [0.717, 1.165) is 32.5 Å². The Labute approximate surface area is 133 Å². The number of esters is 1. The van der Waals surface area contributed by atoms with Gasteiger partial charge in [0.1, 0.15) is 0 Å². The first kappa shape index (κ1) is 17.1. The average Bonchev–Trinajstić information content (AvgIpc) is 2.83. The SMILES string of the molecule is CCN1CCCC(NC(=O)N2C[C@@H](C)[C@](C)(C(=O)OC)C2)C1. The van der Waals surface area contributed by atoms with Crippen molar-refractivity contribution in [1.29, 1.82) is 0 Å². The number of ether oxygens (including phenoxy) is 1. The minimum atomic E-state index is -0.603. The highest BCUT2D eigenvalue weighted by Gasteiger charge is 2.48. The molecule has 3 atom stereocenters. The summed E-state index contributed by atoms with van der Waals surface area (Å²) in [6.45, 7) is 10.1. The monoisotopic (exact) mass is 311 g/mol. The number of likely N-dealkylation sites (tertiary alicyclic amines) is 2. The van der Waals surface area contributed by atoms with Crippen LogP contribution in [0.1, 0.15) is 33.6 Å². The van der Waals surface area contributed by atoms with Gasteiger partial charge in [0, 0.05) is 25.7 Å². The minimum absolute atomic E-state index is 0.0533. The molecule has 0 bridgehead atoms. The molecule has 2 aliphatic rings. The van der Waals surface area contributed by atoms with Crippen molar-refractivity contribution < 1.29 is 14.3 Å². The third-order valence-electron chi connectivity index (χ3n) is 5.32. The summed E-state index contributed by atoms with van der Waals surface area (Å²) >= 11 is 0. The lowest BCUT2D eigenvalue weighted by molar-refractivity contribution is -0.152. The van der Waals surface area contributed by atoms with E-state index in [0.29, 0.717) is 13.1 Å². The Balaban J connectivity index is 1.92. The molecule has 0 aromatic rings. The quantitative estimate of drug-likeness (QED) is 0.798. The number of likely N-dealkylation sites (N-methyl/N-ethyl adjacent to an activating group) is 1. The van der Waals surface area contributed by atoms with Gasteiger partial charge in [-0.05, 0) is 38.8 Å². The predicted molar refractivity (Wildman–Crippen MR) is 84.5 cm³/mol. The molecule has 126 valence electrons. The van der Waals surface area contributed by atoms with Crippen molar-refractivity contribution in [2.45, 2.75) is 39.7 Å². The third kappa shape index (κ3) is 3.37. The third-order valence-corrected chi connectivity index (χ3v) is 5.32. The maximum Gasteiger partial charge on any atom is 0.317 e. The number of carbonyl (C=O) groups excluding carboxylic acids is 2. The number of carbonyl (C=O) groups is 2. The lowest BCUT2D eigenvalue weighted by Gasteiger charge is -2.33. The molecule has 22 heavy (non-hydrogen) atoms. The topological polar surface area (TPSA) is 61.9 Å². The van der Waals surface area contributed by atoms with E-state index in [1.165, 1.54) is 7.11 Å². The van der Waals surface area contributed by atoms with Gasteiger partial charge < -0.3 is 19.9 Å². The molecule has 2 amide bonds. The molecule has 2 aliphatic heterocycles. The van der Waals surface area contributed by atoms with Crippen molar-refractivity contribution >= 4 is 12.0 Å². The summed E-state index contributed by atoms with van der Waals surface area (Å²) < 4.78 is 4.91. The van der Waals surface area contributed by atoms with Gasteiger partial charge in [-0.1, -0.05) is 13.8 Å². The summed E-state index contributed by atoms with van der Waals surface area (Å²) in [4.78, 5) is 28.6. The highest BCUT2D eigenvalue weighted by Crippen LogP contribution is 2.36. The fourth-order valence-electron chi connectivity index (χ4n) is 3.53. The van der Waals surface area contributed by atoms with E-state index in [4.69, 9.17) is 4.74 Å². The van der Waals surface area contributed by atoms with Crippen molar-refractivity contribution in [2.24, 2.45) is 11.3 Å². The van der Waals surface area contributed by atoms with Crippen molar-refractivity contribution in [3.8, 4) is 0 Å². The summed E-state index contributed by atoms with van der Waals surface area (Å²) in [5, 5.41) is 3.13. The van der Waals surface area contributed by atoms with Crippen LogP contribution in [-0.4, -0.2) is 67.7 Å². The van der Waals surface area contributed by atoms with Crippen LogP contribution >= 0.6 is 0 Å². The zero-order chi connectivity index (χ0) is 16.3. The molecule has 2 fully saturated rings. The molecule has 0 spiro atoms. The summed E-state index contributed by atoms with van der Waals surface area (Å²) in [5.41, 5.74) is -0.603. The lowest BCUT2D eigenvalue weighted by atomic mass is 9.81. The van der Waals surface area contributed by atoms with E-state index < -0.39 is 5.41 Å². The second-order valence-corrected chi connectivity index (χ2v) is 6.87. The molecule has 6 heteroatoms. The maximum atomic E-state index is 12.5.